The number of thioether (sulfide) groups is 1. The van der Waals surface area contributed by atoms with Gasteiger partial charge in [0.2, 0.25) is 5.91 Å². The quantitative estimate of drug-likeness (QED) is 0.439. The number of amides is 1. The molecule has 0 aromatic rings. The smallest absolute Gasteiger partial charge is 0.352 e. The third kappa shape index (κ3) is 2.83. The minimum Gasteiger partial charge on any atom is -0.480 e. The number of aliphatic hydroxyl groups is 1. The number of carbonyl (C=O) groups excluding carboxylic acids is 1. The van der Waals surface area contributed by atoms with Gasteiger partial charge in [0.15, 0.2) is 0 Å². The maximum atomic E-state index is 12.0. The molecule has 4 unspecified atom stereocenters. The van der Waals surface area contributed by atoms with Crippen molar-refractivity contribution in [3.05, 3.63) is 11.3 Å². The average molecular weight is 330 g/mol. The molecule has 0 saturated carbocycles. The van der Waals surface area contributed by atoms with Crippen molar-refractivity contribution in [1.29, 1.82) is 0 Å². The van der Waals surface area contributed by atoms with Gasteiger partial charge < -0.3 is 26.0 Å². The van der Waals surface area contributed by atoms with Gasteiger partial charge in [-0.2, -0.15) is 11.8 Å². The summed E-state index contributed by atoms with van der Waals surface area (Å²) < 4.78 is 0. The Kier molecular flexibility index (Phi) is 4.78. The lowest BCUT2D eigenvalue weighted by Gasteiger charge is -2.44. The Morgan fingerprint density at radius 1 is 1.45 bits per heavy atom. The third-order valence-electron chi connectivity index (χ3n) is 3.91. The van der Waals surface area contributed by atoms with E-state index in [2.05, 4.69) is 0 Å². The molecule has 122 valence electrons. The number of β-lactam (4-membered cyclic amide) rings is 1. The lowest BCUT2D eigenvalue weighted by molar-refractivity contribution is -0.161. The first-order valence-corrected chi connectivity index (χ1v) is 7.93. The molecule has 2 rings (SSSR count). The maximum absolute atomic E-state index is 12.0. The number of fused-ring (bicyclic) bond motifs is 1. The lowest BCUT2D eigenvalue weighted by atomic mass is 9.83. The van der Waals surface area contributed by atoms with Crippen LogP contribution in [-0.2, 0) is 14.4 Å². The van der Waals surface area contributed by atoms with E-state index in [9.17, 15) is 24.6 Å². The zero-order valence-corrected chi connectivity index (χ0v) is 12.7. The van der Waals surface area contributed by atoms with Crippen LogP contribution in [0.3, 0.4) is 0 Å². The highest BCUT2D eigenvalue weighted by molar-refractivity contribution is 7.99. The second-order valence-electron chi connectivity index (χ2n) is 5.46. The fraction of sp³-hybridized carbons (Fsp3) is 0.615. The van der Waals surface area contributed by atoms with Crippen molar-refractivity contribution in [3.63, 3.8) is 0 Å². The van der Waals surface area contributed by atoms with Crippen molar-refractivity contribution < 1.29 is 29.7 Å². The van der Waals surface area contributed by atoms with E-state index in [1.54, 1.807) is 0 Å². The van der Waals surface area contributed by atoms with Gasteiger partial charge in [-0.3, -0.25) is 9.59 Å². The van der Waals surface area contributed by atoms with Crippen LogP contribution in [0.5, 0.6) is 0 Å². The molecular weight excluding hydrogens is 312 g/mol. The van der Waals surface area contributed by atoms with Crippen molar-refractivity contribution in [1.82, 2.24) is 4.90 Å². The first kappa shape index (κ1) is 16.8. The number of carboxylic acids is 2. The minimum absolute atomic E-state index is 0.0386. The van der Waals surface area contributed by atoms with E-state index in [4.69, 9.17) is 10.8 Å². The first-order valence-electron chi connectivity index (χ1n) is 6.78. The molecule has 0 aromatic carbocycles. The molecule has 22 heavy (non-hydrogen) atoms. The van der Waals surface area contributed by atoms with Crippen LogP contribution in [0.15, 0.2) is 11.3 Å². The molecule has 2 aliphatic rings. The molecule has 2 heterocycles. The molecule has 0 bridgehead atoms. The Labute approximate surface area is 131 Å². The highest BCUT2D eigenvalue weighted by Crippen LogP contribution is 2.44. The number of nitrogens with zero attached hydrogens (tertiary/aromatic N) is 1. The normalized spacial score (nSPS) is 26.5. The Bertz CT molecular complexity index is 547. The molecule has 0 aliphatic carbocycles. The van der Waals surface area contributed by atoms with Crippen LogP contribution in [0.1, 0.15) is 13.3 Å². The summed E-state index contributed by atoms with van der Waals surface area (Å²) >= 11 is 1.22. The van der Waals surface area contributed by atoms with Gasteiger partial charge in [0.05, 0.1) is 18.1 Å². The number of aliphatic carboxylic acids is 2. The molecule has 1 amide bonds. The number of carbonyl (C=O) groups is 3. The Balaban J connectivity index is 2.06. The molecule has 8 nitrogen and oxygen atoms in total. The maximum Gasteiger partial charge on any atom is 0.352 e. The van der Waals surface area contributed by atoms with Crippen molar-refractivity contribution >= 4 is 29.6 Å². The molecule has 0 aromatic heterocycles. The van der Waals surface area contributed by atoms with Crippen LogP contribution in [0.25, 0.3) is 0 Å². The topological polar surface area (TPSA) is 141 Å². The van der Waals surface area contributed by atoms with Crippen molar-refractivity contribution in [2.24, 2.45) is 11.7 Å². The van der Waals surface area contributed by atoms with Gasteiger partial charge in [-0.15, -0.1) is 0 Å². The van der Waals surface area contributed by atoms with Gasteiger partial charge in [0.25, 0.3) is 0 Å². The summed E-state index contributed by atoms with van der Waals surface area (Å²) in [6, 6.07) is -1.33. The van der Waals surface area contributed by atoms with Gasteiger partial charge in [0.1, 0.15) is 11.7 Å². The summed E-state index contributed by atoms with van der Waals surface area (Å²) in [5, 5.41) is 27.6. The summed E-state index contributed by atoms with van der Waals surface area (Å²) in [4.78, 5) is 35.2. The number of carboxylic acid groups (broad SMARTS) is 2. The number of rotatable bonds is 7. The molecule has 0 radical (unpaired) electrons. The molecule has 1 saturated heterocycles. The SMILES string of the molecule is CC(O)C1C(=O)N2C(C(=O)O)=C(CSCC(N)C(=O)O)CC12. The largest absolute Gasteiger partial charge is 0.480 e. The zero-order valence-electron chi connectivity index (χ0n) is 11.9. The lowest BCUT2D eigenvalue weighted by Crippen LogP contribution is -2.61. The molecule has 9 heteroatoms. The fourth-order valence-electron chi connectivity index (χ4n) is 2.87. The number of aliphatic hydroxyl groups excluding tert-OH is 1. The number of nitrogens with two attached hydrogens (primary N) is 1. The van der Waals surface area contributed by atoms with Crippen LogP contribution in [0, 0.1) is 5.92 Å². The van der Waals surface area contributed by atoms with Crippen molar-refractivity contribution in [3.8, 4) is 0 Å². The van der Waals surface area contributed by atoms with Gasteiger partial charge >= 0.3 is 11.9 Å². The average Bonchev–Trinajstić information content (AvgIpc) is 2.72. The highest BCUT2D eigenvalue weighted by Gasteiger charge is 2.56. The highest BCUT2D eigenvalue weighted by atomic mass is 32.2. The molecule has 1 fully saturated rings. The Morgan fingerprint density at radius 2 is 2.09 bits per heavy atom. The van der Waals surface area contributed by atoms with E-state index >= 15 is 0 Å². The number of hydrogen-bond acceptors (Lipinski definition) is 6. The molecular formula is C13H18N2O6S. The van der Waals surface area contributed by atoms with E-state index in [1.807, 2.05) is 0 Å². The molecule has 5 N–H and O–H groups in total. The van der Waals surface area contributed by atoms with Crippen LogP contribution >= 0.6 is 11.8 Å². The van der Waals surface area contributed by atoms with E-state index in [0.717, 1.165) is 0 Å². The van der Waals surface area contributed by atoms with Gasteiger partial charge in [-0.05, 0) is 18.9 Å². The molecule has 0 spiro atoms. The Morgan fingerprint density at radius 3 is 2.59 bits per heavy atom. The monoisotopic (exact) mass is 330 g/mol. The Hall–Kier alpha value is -1.58. The van der Waals surface area contributed by atoms with E-state index in [-0.39, 0.29) is 23.4 Å². The van der Waals surface area contributed by atoms with Crippen LogP contribution < -0.4 is 5.73 Å². The summed E-state index contributed by atoms with van der Waals surface area (Å²) in [6.07, 6.45) is -0.436. The van der Waals surface area contributed by atoms with Gasteiger partial charge in [-0.1, -0.05) is 0 Å². The van der Waals surface area contributed by atoms with Crippen LogP contribution in [0.4, 0.5) is 0 Å². The van der Waals surface area contributed by atoms with E-state index in [1.165, 1.54) is 23.6 Å². The zero-order chi connectivity index (χ0) is 16.6. The number of hydrogen-bond donors (Lipinski definition) is 4. The third-order valence-corrected chi connectivity index (χ3v) is 5.06. The second-order valence-corrected chi connectivity index (χ2v) is 6.49. The van der Waals surface area contributed by atoms with Gasteiger partial charge in [-0.25, -0.2) is 4.79 Å². The second kappa shape index (κ2) is 6.27. The molecule has 2 aliphatic heterocycles. The van der Waals surface area contributed by atoms with Gasteiger partial charge in [0, 0.05) is 11.5 Å². The minimum atomic E-state index is -1.18. The fourth-order valence-corrected chi connectivity index (χ4v) is 3.89. The summed E-state index contributed by atoms with van der Waals surface area (Å²) in [5.41, 5.74) is 5.94. The predicted molar refractivity (Wildman–Crippen MR) is 78.0 cm³/mol. The standard InChI is InChI=1S/C13H18N2O6S/c1-5(16)9-8-2-6(3-22-4-7(14)12(18)19)10(13(20)21)15(8)11(9)17/h5,7-9,16H,2-4,14H2,1H3,(H,18,19)(H,20,21). The summed E-state index contributed by atoms with van der Waals surface area (Å²) in [5.74, 6) is -2.78. The van der Waals surface area contributed by atoms with Crippen molar-refractivity contribution in [2.45, 2.75) is 31.5 Å². The predicted octanol–water partition coefficient (Wildman–Crippen LogP) is -0.918. The van der Waals surface area contributed by atoms with Crippen LogP contribution in [-0.4, -0.2) is 67.8 Å². The van der Waals surface area contributed by atoms with Crippen molar-refractivity contribution in [2.75, 3.05) is 11.5 Å². The van der Waals surface area contributed by atoms with E-state index in [0.29, 0.717) is 17.7 Å². The summed E-state index contributed by atoms with van der Waals surface area (Å²) in [7, 11) is 0. The molecule has 4 atom stereocenters. The van der Waals surface area contributed by atoms with E-state index < -0.39 is 30.0 Å². The summed E-state index contributed by atoms with van der Waals surface area (Å²) in [6.45, 7) is 1.51. The first-order chi connectivity index (χ1) is 10.3. The van der Waals surface area contributed by atoms with Crippen LogP contribution in [0.2, 0.25) is 0 Å².